The highest BCUT2D eigenvalue weighted by Gasteiger charge is 2.06. The Kier molecular flexibility index (Phi) is 5.01. The summed E-state index contributed by atoms with van der Waals surface area (Å²) in [6, 6.07) is 13.2. The van der Waals surface area contributed by atoms with Crippen LogP contribution in [-0.2, 0) is 11.2 Å². The number of aromatic amines is 1. The molecule has 0 fully saturated rings. The van der Waals surface area contributed by atoms with E-state index in [1.54, 1.807) is 18.2 Å². The third kappa shape index (κ3) is 4.06. The van der Waals surface area contributed by atoms with E-state index >= 15 is 0 Å². The van der Waals surface area contributed by atoms with Crippen molar-refractivity contribution in [3.8, 4) is 5.75 Å². The smallest absolute Gasteiger partial charge is 0.262 e. The molecule has 0 bridgehead atoms. The van der Waals surface area contributed by atoms with Crippen molar-refractivity contribution in [1.82, 2.24) is 9.97 Å². The molecule has 0 aliphatic rings. The second kappa shape index (κ2) is 7.36. The van der Waals surface area contributed by atoms with Crippen LogP contribution in [0, 0.1) is 0 Å². The number of aromatic nitrogens is 2. The van der Waals surface area contributed by atoms with Gasteiger partial charge in [0.25, 0.3) is 5.91 Å². The number of nitrogens with zero attached hydrogens (tertiary/aromatic N) is 1. The van der Waals surface area contributed by atoms with Crippen LogP contribution in [0.25, 0.3) is 11.0 Å². The molecule has 2 aromatic carbocycles. The fourth-order valence-corrected chi connectivity index (χ4v) is 2.64. The second-order valence-electron chi connectivity index (χ2n) is 5.49. The number of amides is 1. The van der Waals surface area contributed by atoms with Gasteiger partial charge in [0.05, 0.1) is 11.0 Å². The summed E-state index contributed by atoms with van der Waals surface area (Å²) in [6.45, 7) is 2.10. The first-order valence-electron chi connectivity index (χ1n) is 7.81. The molecule has 0 aliphatic heterocycles. The summed E-state index contributed by atoms with van der Waals surface area (Å²) in [6.07, 6.45) is 2.15. The van der Waals surface area contributed by atoms with Gasteiger partial charge in [0.2, 0.25) is 5.28 Å². The first kappa shape index (κ1) is 16.3. The molecule has 1 amide bonds. The lowest BCUT2D eigenvalue weighted by atomic mass is 10.1. The van der Waals surface area contributed by atoms with Crippen LogP contribution >= 0.6 is 11.6 Å². The Morgan fingerprint density at radius 3 is 2.79 bits per heavy atom. The van der Waals surface area contributed by atoms with E-state index in [-0.39, 0.29) is 12.5 Å². The number of ether oxygens (including phenoxy) is 1. The van der Waals surface area contributed by atoms with Crippen LogP contribution in [0.5, 0.6) is 5.75 Å². The Balaban J connectivity index is 1.56. The Labute approximate surface area is 145 Å². The number of rotatable bonds is 6. The van der Waals surface area contributed by atoms with Gasteiger partial charge in [0.1, 0.15) is 5.75 Å². The van der Waals surface area contributed by atoms with Gasteiger partial charge >= 0.3 is 0 Å². The molecule has 5 nitrogen and oxygen atoms in total. The van der Waals surface area contributed by atoms with Crippen molar-refractivity contribution < 1.29 is 9.53 Å². The van der Waals surface area contributed by atoms with Crippen molar-refractivity contribution in [2.75, 3.05) is 11.9 Å². The molecule has 0 saturated carbocycles. The van der Waals surface area contributed by atoms with E-state index in [9.17, 15) is 4.79 Å². The maximum Gasteiger partial charge on any atom is 0.262 e. The number of benzene rings is 2. The van der Waals surface area contributed by atoms with Crippen molar-refractivity contribution in [3.63, 3.8) is 0 Å². The molecule has 3 rings (SSSR count). The Hall–Kier alpha value is -2.53. The van der Waals surface area contributed by atoms with Gasteiger partial charge in [-0.05, 0) is 53.9 Å². The lowest BCUT2D eigenvalue weighted by molar-refractivity contribution is -0.118. The molecule has 1 heterocycles. The van der Waals surface area contributed by atoms with Crippen LogP contribution in [0.3, 0.4) is 0 Å². The number of anilines is 1. The number of H-pyrrole nitrogens is 1. The minimum atomic E-state index is -0.224. The Morgan fingerprint density at radius 1 is 1.25 bits per heavy atom. The van der Waals surface area contributed by atoms with E-state index in [0.717, 1.165) is 23.9 Å². The highest BCUT2D eigenvalue weighted by molar-refractivity contribution is 6.29. The van der Waals surface area contributed by atoms with Crippen molar-refractivity contribution in [3.05, 3.63) is 53.3 Å². The van der Waals surface area contributed by atoms with Crippen molar-refractivity contribution in [1.29, 1.82) is 0 Å². The summed E-state index contributed by atoms with van der Waals surface area (Å²) in [5, 5.41) is 3.11. The molecule has 0 unspecified atom stereocenters. The van der Waals surface area contributed by atoms with Gasteiger partial charge in [-0.15, -0.1) is 0 Å². The van der Waals surface area contributed by atoms with Gasteiger partial charge in [-0.3, -0.25) is 4.79 Å². The molecule has 24 heavy (non-hydrogen) atoms. The van der Waals surface area contributed by atoms with Crippen LogP contribution in [0.2, 0.25) is 5.28 Å². The normalized spacial score (nSPS) is 10.8. The van der Waals surface area contributed by atoms with Crippen LogP contribution in [-0.4, -0.2) is 22.5 Å². The predicted octanol–water partition coefficient (Wildman–Crippen LogP) is 4.19. The number of hydrogen-bond acceptors (Lipinski definition) is 3. The van der Waals surface area contributed by atoms with E-state index in [4.69, 9.17) is 16.3 Å². The molecule has 124 valence electrons. The molecule has 0 atom stereocenters. The third-order valence-corrected chi connectivity index (χ3v) is 3.75. The molecule has 6 heteroatoms. The number of nitrogens with one attached hydrogen (secondary N) is 2. The largest absolute Gasteiger partial charge is 0.484 e. The zero-order valence-corrected chi connectivity index (χ0v) is 14.1. The van der Waals surface area contributed by atoms with E-state index in [1.807, 2.05) is 24.3 Å². The van der Waals surface area contributed by atoms with Gasteiger partial charge in [-0.2, -0.15) is 0 Å². The predicted molar refractivity (Wildman–Crippen MR) is 95.7 cm³/mol. The molecular formula is C18H18ClN3O2. The summed E-state index contributed by atoms with van der Waals surface area (Å²) in [5.41, 5.74) is 3.45. The van der Waals surface area contributed by atoms with E-state index in [2.05, 4.69) is 22.2 Å². The van der Waals surface area contributed by atoms with Crippen molar-refractivity contribution >= 4 is 34.2 Å². The summed E-state index contributed by atoms with van der Waals surface area (Å²) in [5.74, 6) is 0.457. The molecule has 0 saturated heterocycles. The van der Waals surface area contributed by atoms with Crippen LogP contribution in [0.4, 0.5) is 5.69 Å². The van der Waals surface area contributed by atoms with Gasteiger partial charge in [-0.25, -0.2) is 4.98 Å². The Bertz CT molecular complexity index is 843. The van der Waals surface area contributed by atoms with E-state index in [1.165, 1.54) is 5.56 Å². The fourth-order valence-electron chi connectivity index (χ4n) is 2.44. The fraction of sp³-hybridized carbons (Fsp3) is 0.222. The number of hydrogen-bond donors (Lipinski definition) is 2. The summed E-state index contributed by atoms with van der Waals surface area (Å²) >= 11 is 5.82. The van der Waals surface area contributed by atoms with Gasteiger partial charge in [0, 0.05) is 5.69 Å². The quantitative estimate of drug-likeness (QED) is 0.705. The number of carbonyl (C=O) groups is 1. The highest BCUT2D eigenvalue weighted by Crippen LogP contribution is 2.19. The summed E-state index contributed by atoms with van der Waals surface area (Å²) in [7, 11) is 0. The highest BCUT2D eigenvalue weighted by atomic mass is 35.5. The van der Waals surface area contributed by atoms with Crippen molar-refractivity contribution in [2.45, 2.75) is 19.8 Å². The third-order valence-electron chi connectivity index (χ3n) is 3.57. The monoisotopic (exact) mass is 343 g/mol. The molecule has 1 aromatic heterocycles. The first-order chi connectivity index (χ1) is 11.6. The lowest BCUT2D eigenvalue weighted by Crippen LogP contribution is -2.20. The minimum Gasteiger partial charge on any atom is -0.484 e. The molecule has 0 aliphatic carbocycles. The zero-order valence-electron chi connectivity index (χ0n) is 13.3. The number of carbonyl (C=O) groups excluding carboxylic acids is 1. The maximum absolute atomic E-state index is 12.0. The SMILES string of the molecule is CCCc1ccc(OCC(=O)Nc2ccc3nc(Cl)[nH]c3c2)cc1. The molecule has 0 spiro atoms. The summed E-state index contributed by atoms with van der Waals surface area (Å²) < 4.78 is 5.51. The number of halogens is 1. The minimum absolute atomic E-state index is 0.0467. The standard InChI is InChI=1S/C18H18ClN3O2/c1-2-3-12-4-7-14(8-5-12)24-11-17(23)20-13-6-9-15-16(10-13)22-18(19)21-15/h4-10H,2-3,11H2,1H3,(H,20,23)(H,21,22). The average Bonchev–Trinajstić information content (AvgIpc) is 2.94. The average molecular weight is 344 g/mol. The molecule has 0 radical (unpaired) electrons. The zero-order chi connectivity index (χ0) is 16.9. The lowest BCUT2D eigenvalue weighted by Gasteiger charge is -2.08. The van der Waals surface area contributed by atoms with E-state index < -0.39 is 0 Å². The first-order valence-corrected chi connectivity index (χ1v) is 8.18. The molecule has 2 N–H and O–H groups in total. The van der Waals surface area contributed by atoms with Crippen molar-refractivity contribution in [2.24, 2.45) is 0 Å². The van der Waals surface area contributed by atoms with Crippen LogP contribution in [0.15, 0.2) is 42.5 Å². The van der Waals surface area contributed by atoms with Crippen LogP contribution in [0.1, 0.15) is 18.9 Å². The number of aryl methyl sites for hydroxylation is 1. The van der Waals surface area contributed by atoms with Gasteiger partial charge < -0.3 is 15.0 Å². The van der Waals surface area contributed by atoms with Crippen LogP contribution < -0.4 is 10.1 Å². The Morgan fingerprint density at radius 2 is 2.04 bits per heavy atom. The van der Waals surface area contributed by atoms with Gasteiger partial charge in [-0.1, -0.05) is 25.5 Å². The number of imidazole rings is 1. The number of fused-ring (bicyclic) bond motifs is 1. The maximum atomic E-state index is 12.0. The van der Waals surface area contributed by atoms with E-state index in [0.29, 0.717) is 16.7 Å². The van der Waals surface area contributed by atoms with Gasteiger partial charge in [0.15, 0.2) is 6.61 Å². The second-order valence-corrected chi connectivity index (χ2v) is 5.85. The summed E-state index contributed by atoms with van der Waals surface area (Å²) in [4.78, 5) is 19.0. The topological polar surface area (TPSA) is 67.0 Å². The molecular weight excluding hydrogens is 326 g/mol. The molecule has 3 aromatic rings.